The van der Waals surface area contributed by atoms with Gasteiger partial charge in [0.1, 0.15) is 0 Å². The van der Waals surface area contributed by atoms with E-state index in [-0.39, 0.29) is 0 Å². The van der Waals surface area contributed by atoms with Crippen LogP contribution >= 0.6 is 0 Å². The summed E-state index contributed by atoms with van der Waals surface area (Å²) in [6.45, 7) is 5.72. The van der Waals surface area contributed by atoms with Gasteiger partial charge in [-0.25, -0.2) is 4.79 Å². The quantitative estimate of drug-likeness (QED) is 0.910. The van der Waals surface area contributed by atoms with Crippen LogP contribution in [0.3, 0.4) is 0 Å². The van der Waals surface area contributed by atoms with Crippen LogP contribution in [0.25, 0.3) is 0 Å². The molecule has 1 aromatic rings. The molecule has 23 heavy (non-hydrogen) atoms. The predicted octanol–water partition coefficient (Wildman–Crippen LogP) is 3.10. The Morgan fingerprint density at radius 3 is 2.65 bits per heavy atom. The molecule has 3 rings (SSSR count). The summed E-state index contributed by atoms with van der Waals surface area (Å²) < 4.78 is 0. The third-order valence-corrected chi connectivity index (χ3v) is 5.50. The van der Waals surface area contributed by atoms with Gasteiger partial charge >= 0.3 is 6.09 Å². The fourth-order valence-electron chi connectivity index (χ4n) is 4.14. The number of piperidine rings is 1. The maximum atomic E-state index is 11.1. The highest BCUT2D eigenvalue weighted by Crippen LogP contribution is 2.31. The van der Waals surface area contributed by atoms with Crippen LogP contribution in [0.4, 0.5) is 4.79 Å². The van der Waals surface area contributed by atoms with Gasteiger partial charge in [0.05, 0.1) is 0 Å². The number of carboxylic acid groups (broad SMARTS) is 1. The van der Waals surface area contributed by atoms with E-state index in [2.05, 4.69) is 22.9 Å². The molecule has 0 spiro atoms. The first kappa shape index (κ1) is 16.2. The number of carbonyl (C=O) groups is 1. The molecule has 0 saturated carbocycles. The van der Waals surface area contributed by atoms with Crippen LogP contribution in [0.5, 0.6) is 0 Å². The summed E-state index contributed by atoms with van der Waals surface area (Å²) in [5.74, 6) is 0.626. The zero-order chi connectivity index (χ0) is 16.2. The molecule has 1 aromatic heterocycles. The number of amides is 1. The summed E-state index contributed by atoms with van der Waals surface area (Å²) in [5.41, 5.74) is 2.57. The topological polar surface area (TPSA) is 56.7 Å². The van der Waals surface area contributed by atoms with Crippen molar-refractivity contribution in [2.24, 2.45) is 0 Å². The third-order valence-electron chi connectivity index (χ3n) is 5.50. The van der Waals surface area contributed by atoms with Crippen molar-refractivity contribution in [3.8, 4) is 0 Å². The lowest BCUT2D eigenvalue weighted by Gasteiger charge is -2.37. The average Bonchev–Trinajstić information content (AvgIpc) is 2.82. The molecule has 1 unspecified atom stereocenters. The summed E-state index contributed by atoms with van der Waals surface area (Å²) in [5, 5.41) is 9.15. The second kappa shape index (κ2) is 7.30. The van der Waals surface area contributed by atoms with Gasteiger partial charge in [-0.2, -0.15) is 0 Å². The van der Waals surface area contributed by atoms with Crippen LogP contribution in [-0.2, 0) is 0 Å². The van der Waals surface area contributed by atoms with Crippen LogP contribution in [0, 0.1) is 6.92 Å². The van der Waals surface area contributed by atoms with Crippen molar-refractivity contribution in [1.82, 2.24) is 14.8 Å². The van der Waals surface area contributed by atoms with Crippen molar-refractivity contribution in [2.75, 3.05) is 26.2 Å². The summed E-state index contributed by atoms with van der Waals surface area (Å²) in [6.07, 6.45) is 6.56. The van der Waals surface area contributed by atoms with Gasteiger partial charge in [0.15, 0.2) is 0 Å². The molecular formula is C18H27N3O2. The minimum absolute atomic E-state index is 0.551. The van der Waals surface area contributed by atoms with Gasteiger partial charge in [-0.15, -0.1) is 0 Å². The number of rotatable bonds is 2. The predicted molar refractivity (Wildman–Crippen MR) is 89.8 cm³/mol. The van der Waals surface area contributed by atoms with Crippen LogP contribution in [-0.4, -0.2) is 58.2 Å². The maximum absolute atomic E-state index is 11.1. The van der Waals surface area contributed by atoms with E-state index in [1.54, 1.807) is 4.90 Å². The van der Waals surface area contributed by atoms with E-state index in [1.165, 1.54) is 18.4 Å². The van der Waals surface area contributed by atoms with E-state index >= 15 is 0 Å². The minimum Gasteiger partial charge on any atom is -0.465 e. The zero-order valence-corrected chi connectivity index (χ0v) is 13.9. The number of aryl methyl sites for hydroxylation is 1. The van der Waals surface area contributed by atoms with Gasteiger partial charge in [0, 0.05) is 31.0 Å². The Balaban J connectivity index is 1.55. The van der Waals surface area contributed by atoms with Crippen molar-refractivity contribution >= 4 is 6.09 Å². The van der Waals surface area contributed by atoms with E-state index in [9.17, 15) is 4.79 Å². The molecule has 0 bridgehead atoms. The highest BCUT2D eigenvalue weighted by Gasteiger charge is 2.28. The molecule has 2 fully saturated rings. The molecule has 2 aliphatic heterocycles. The molecule has 126 valence electrons. The van der Waals surface area contributed by atoms with Gasteiger partial charge in [-0.3, -0.25) is 4.98 Å². The fourth-order valence-corrected chi connectivity index (χ4v) is 4.14. The molecular weight excluding hydrogens is 290 g/mol. The lowest BCUT2D eigenvalue weighted by molar-refractivity contribution is 0.131. The second-order valence-corrected chi connectivity index (χ2v) is 6.84. The molecule has 1 N–H and O–H groups in total. The molecule has 1 amide bonds. The maximum Gasteiger partial charge on any atom is 0.407 e. The summed E-state index contributed by atoms with van der Waals surface area (Å²) in [7, 11) is 0. The number of hydrogen-bond acceptors (Lipinski definition) is 3. The van der Waals surface area contributed by atoms with Gasteiger partial charge in [-0.1, -0.05) is 6.07 Å². The standard InChI is InChI=1S/C18H27N3O2/c1-14-17(5-2-9-19-14)15-6-11-20(12-7-15)16-4-3-10-21(13-8-16)18(22)23/h2,5,9,15-16H,3-4,6-8,10-13H2,1H3,(H,22,23). The summed E-state index contributed by atoms with van der Waals surface area (Å²) >= 11 is 0. The Labute approximate surface area is 138 Å². The highest BCUT2D eigenvalue weighted by molar-refractivity contribution is 5.64. The second-order valence-electron chi connectivity index (χ2n) is 6.84. The Bertz CT molecular complexity index is 541. The smallest absolute Gasteiger partial charge is 0.407 e. The van der Waals surface area contributed by atoms with Crippen molar-refractivity contribution in [2.45, 2.75) is 51.0 Å². The van der Waals surface area contributed by atoms with E-state index in [4.69, 9.17) is 5.11 Å². The van der Waals surface area contributed by atoms with Crippen molar-refractivity contribution in [1.29, 1.82) is 0 Å². The molecule has 5 nitrogen and oxygen atoms in total. The molecule has 3 heterocycles. The largest absolute Gasteiger partial charge is 0.465 e. The molecule has 0 aromatic carbocycles. The number of hydrogen-bond donors (Lipinski definition) is 1. The normalized spacial score (nSPS) is 24.4. The van der Waals surface area contributed by atoms with Gasteiger partial charge in [0.2, 0.25) is 0 Å². The first-order chi connectivity index (χ1) is 11.1. The van der Waals surface area contributed by atoms with Crippen molar-refractivity contribution in [3.05, 3.63) is 29.6 Å². The van der Waals surface area contributed by atoms with Crippen LogP contribution in [0.15, 0.2) is 18.3 Å². The summed E-state index contributed by atoms with van der Waals surface area (Å²) in [4.78, 5) is 19.7. The molecule has 1 atom stereocenters. The Kier molecular flexibility index (Phi) is 5.16. The molecule has 0 radical (unpaired) electrons. The van der Waals surface area contributed by atoms with Crippen LogP contribution < -0.4 is 0 Å². The monoisotopic (exact) mass is 317 g/mol. The average molecular weight is 317 g/mol. The van der Waals surface area contributed by atoms with E-state index < -0.39 is 6.09 Å². The Hall–Kier alpha value is -1.62. The highest BCUT2D eigenvalue weighted by atomic mass is 16.4. The van der Waals surface area contributed by atoms with Crippen LogP contribution in [0.1, 0.15) is 49.3 Å². The molecule has 5 heteroatoms. The minimum atomic E-state index is -0.767. The number of aromatic nitrogens is 1. The molecule has 2 saturated heterocycles. The Morgan fingerprint density at radius 2 is 1.96 bits per heavy atom. The van der Waals surface area contributed by atoms with Crippen molar-refractivity contribution in [3.63, 3.8) is 0 Å². The van der Waals surface area contributed by atoms with Crippen molar-refractivity contribution < 1.29 is 9.90 Å². The first-order valence-corrected chi connectivity index (χ1v) is 8.78. The number of nitrogens with zero attached hydrogens (tertiary/aromatic N) is 3. The van der Waals surface area contributed by atoms with Crippen LogP contribution in [0.2, 0.25) is 0 Å². The Morgan fingerprint density at radius 1 is 1.17 bits per heavy atom. The fraction of sp³-hybridized carbons (Fsp3) is 0.667. The number of likely N-dealkylation sites (tertiary alicyclic amines) is 2. The lowest BCUT2D eigenvalue weighted by atomic mass is 9.87. The molecule has 2 aliphatic rings. The van der Waals surface area contributed by atoms with E-state index in [0.717, 1.165) is 38.0 Å². The molecule has 0 aliphatic carbocycles. The van der Waals surface area contributed by atoms with Gasteiger partial charge in [-0.05, 0) is 69.7 Å². The third kappa shape index (κ3) is 3.83. The number of pyridine rings is 1. The van der Waals surface area contributed by atoms with Gasteiger partial charge < -0.3 is 14.9 Å². The van der Waals surface area contributed by atoms with E-state index in [1.807, 2.05) is 12.3 Å². The first-order valence-electron chi connectivity index (χ1n) is 8.78. The zero-order valence-electron chi connectivity index (χ0n) is 13.9. The lowest BCUT2D eigenvalue weighted by Crippen LogP contribution is -2.41. The SMILES string of the molecule is Cc1ncccc1C1CCN(C2CCCN(C(=O)O)CC2)CC1. The van der Waals surface area contributed by atoms with Gasteiger partial charge in [0.25, 0.3) is 0 Å². The summed E-state index contributed by atoms with van der Waals surface area (Å²) in [6, 6.07) is 4.81. The van der Waals surface area contributed by atoms with E-state index in [0.29, 0.717) is 25.0 Å².